The Morgan fingerprint density at radius 3 is 2.03 bits per heavy atom. The van der Waals surface area contributed by atoms with Crippen LogP contribution in [0.2, 0.25) is 0 Å². The van der Waals surface area contributed by atoms with Gasteiger partial charge in [-0.3, -0.25) is 0 Å². The minimum atomic E-state index is 0.281. The molecule has 0 aromatic heterocycles. The summed E-state index contributed by atoms with van der Waals surface area (Å²) in [5, 5.41) is 7.56. The number of fused-ring (bicyclic) bond motifs is 6. The molecule has 37 heavy (non-hydrogen) atoms. The molecule has 3 nitrogen and oxygen atoms in total. The van der Waals surface area contributed by atoms with Crippen LogP contribution in [-0.4, -0.2) is 38.6 Å². The van der Waals surface area contributed by atoms with Crippen LogP contribution in [0, 0.1) is 5.41 Å². The number of piperidine rings is 2. The highest BCUT2D eigenvalue weighted by molar-refractivity contribution is 5.46. The van der Waals surface area contributed by atoms with Crippen LogP contribution in [0.15, 0.2) is 78.9 Å². The van der Waals surface area contributed by atoms with E-state index in [0.29, 0.717) is 17.5 Å². The molecule has 0 radical (unpaired) electrons. The van der Waals surface area contributed by atoms with Crippen molar-refractivity contribution in [3.8, 4) is 0 Å². The fraction of sp³-hybridized carbons (Fsp3) is 0.471. The molecule has 3 aromatic carbocycles. The maximum Gasteiger partial charge on any atom is 0.0424 e. The van der Waals surface area contributed by atoms with Gasteiger partial charge in [-0.2, -0.15) is 0 Å². The summed E-state index contributed by atoms with van der Waals surface area (Å²) in [6.07, 6.45) is 9.06. The molecule has 0 saturated carbocycles. The third-order valence-electron chi connectivity index (χ3n) is 9.70. The van der Waals surface area contributed by atoms with Crippen molar-refractivity contribution in [2.24, 2.45) is 5.41 Å². The molecule has 0 bridgehead atoms. The third kappa shape index (κ3) is 4.56. The van der Waals surface area contributed by atoms with E-state index in [-0.39, 0.29) is 5.41 Å². The standard InChI is InChI=1S/C18H19N.C16H24N2/c1-2-8-15(9-3-1)18-11-6-12-19-17(18)16-10-5-4-7-14(16)13-18;1-18(2)11-9-16-8-5-10-17-15(16)14-7-4-3-6-13(14)12-16/h1-5,7-10,17,19H,6,11-13H2;3-4,6-7,15,17H,5,8-12H2,1-2H3. The summed E-state index contributed by atoms with van der Waals surface area (Å²) in [6.45, 7) is 3.53. The van der Waals surface area contributed by atoms with Crippen molar-refractivity contribution in [2.75, 3.05) is 33.7 Å². The molecule has 3 heteroatoms. The number of nitrogens with one attached hydrogen (secondary N) is 2. The monoisotopic (exact) mass is 493 g/mol. The Bertz CT molecular complexity index is 1200. The maximum atomic E-state index is 3.78. The first kappa shape index (κ1) is 24.9. The van der Waals surface area contributed by atoms with Crippen LogP contribution in [0.3, 0.4) is 0 Å². The second kappa shape index (κ2) is 10.4. The van der Waals surface area contributed by atoms with Crippen molar-refractivity contribution < 1.29 is 0 Å². The lowest BCUT2D eigenvalue weighted by Gasteiger charge is -2.41. The second-order valence-electron chi connectivity index (χ2n) is 12.2. The molecule has 2 fully saturated rings. The molecule has 2 aliphatic carbocycles. The van der Waals surface area contributed by atoms with Gasteiger partial charge in [-0.05, 0) is 112 Å². The van der Waals surface area contributed by atoms with E-state index >= 15 is 0 Å². The van der Waals surface area contributed by atoms with E-state index in [2.05, 4.69) is 108 Å². The minimum Gasteiger partial charge on any atom is -0.309 e. The van der Waals surface area contributed by atoms with E-state index in [1.807, 2.05) is 0 Å². The fourth-order valence-corrected chi connectivity index (χ4v) is 7.93. The fourth-order valence-electron chi connectivity index (χ4n) is 7.93. The predicted molar refractivity (Wildman–Crippen MR) is 154 cm³/mol. The van der Waals surface area contributed by atoms with Crippen LogP contribution in [0.4, 0.5) is 0 Å². The molecule has 0 amide bonds. The number of hydrogen-bond acceptors (Lipinski definition) is 3. The largest absolute Gasteiger partial charge is 0.309 e. The molecule has 4 atom stereocenters. The van der Waals surface area contributed by atoms with Gasteiger partial charge in [0.15, 0.2) is 0 Å². The lowest BCUT2D eigenvalue weighted by molar-refractivity contribution is 0.125. The van der Waals surface area contributed by atoms with E-state index in [1.54, 1.807) is 11.1 Å². The summed E-state index contributed by atoms with van der Waals surface area (Å²) in [4.78, 5) is 2.32. The third-order valence-corrected chi connectivity index (χ3v) is 9.70. The molecular weight excluding hydrogens is 450 g/mol. The Morgan fingerprint density at radius 2 is 1.30 bits per heavy atom. The van der Waals surface area contributed by atoms with E-state index in [1.165, 1.54) is 74.7 Å². The summed E-state index contributed by atoms with van der Waals surface area (Å²) >= 11 is 0. The molecule has 3 aromatic rings. The highest BCUT2D eigenvalue weighted by Gasteiger charge is 2.48. The van der Waals surface area contributed by atoms with Crippen LogP contribution in [0.25, 0.3) is 0 Å². The van der Waals surface area contributed by atoms with E-state index in [9.17, 15) is 0 Å². The van der Waals surface area contributed by atoms with Crippen molar-refractivity contribution in [1.29, 1.82) is 0 Å². The lowest BCUT2D eigenvalue weighted by atomic mass is 9.69. The molecule has 2 saturated heterocycles. The van der Waals surface area contributed by atoms with Gasteiger partial charge in [0.25, 0.3) is 0 Å². The average Bonchev–Trinajstić information content (AvgIpc) is 3.47. The SMILES string of the molecule is CN(C)CCC12CCCNC1c1ccccc1C2.c1ccc(C23CCCNC2c2ccccc2C3)cc1. The first-order valence-electron chi connectivity index (χ1n) is 14.4. The highest BCUT2D eigenvalue weighted by atomic mass is 15.1. The van der Waals surface area contributed by atoms with Gasteiger partial charge in [0.1, 0.15) is 0 Å². The summed E-state index contributed by atoms with van der Waals surface area (Å²) in [6, 6.07) is 30.2. The van der Waals surface area contributed by atoms with E-state index in [0.717, 1.165) is 6.54 Å². The molecule has 2 N–H and O–H groups in total. The van der Waals surface area contributed by atoms with Crippen molar-refractivity contribution >= 4 is 0 Å². The molecule has 4 aliphatic rings. The first-order valence-corrected chi connectivity index (χ1v) is 14.4. The van der Waals surface area contributed by atoms with Gasteiger partial charge in [-0.1, -0.05) is 78.9 Å². The molecule has 194 valence electrons. The van der Waals surface area contributed by atoms with Crippen molar-refractivity contribution in [3.05, 3.63) is 107 Å². The van der Waals surface area contributed by atoms with Gasteiger partial charge in [0.2, 0.25) is 0 Å². The van der Waals surface area contributed by atoms with Crippen LogP contribution in [-0.2, 0) is 18.3 Å². The van der Waals surface area contributed by atoms with Crippen molar-refractivity contribution in [2.45, 2.75) is 62.4 Å². The minimum absolute atomic E-state index is 0.281. The number of rotatable bonds is 4. The normalized spacial score (nSPS) is 29.5. The average molecular weight is 494 g/mol. The van der Waals surface area contributed by atoms with Crippen molar-refractivity contribution in [3.63, 3.8) is 0 Å². The summed E-state index contributed by atoms with van der Waals surface area (Å²) < 4.78 is 0. The van der Waals surface area contributed by atoms with E-state index in [4.69, 9.17) is 0 Å². The molecule has 2 aliphatic heterocycles. The molecule has 4 unspecified atom stereocenters. The second-order valence-corrected chi connectivity index (χ2v) is 12.2. The highest BCUT2D eigenvalue weighted by Crippen LogP contribution is 2.53. The molecular formula is C34H43N3. The van der Waals surface area contributed by atoms with Gasteiger partial charge in [0.05, 0.1) is 0 Å². The summed E-state index contributed by atoms with van der Waals surface area (Å²) in [5.41, 5.74) is 8.46. The topological polar surface area (TPSA) is 27.3 Å². The number of nitrogens with zero attached hydrogens (tertiary/aromatic N) is 1. The van der Waals surface area contributed by atoms with Crippen LogP contribution in [0.5, 0.6) is 0 Å². The molecule has 0 spiro atoms. The Hall–Kier alpha value is -2.46. The van der Waals surface area contributed by atoms with Gasteiger partial charge >= 0.3 is 0 Å². The van der Waals surface area contributed by atoms with Gasteiger partial charge < -0.3 is 15.5 Å². The van der Waals surface area contributed by atoms with Gasteiger partial charge in [-0.15, -0.1) is 0 Å². The Morgan fingerprint density at radius 1 is 0.703 bits per heavy atom. The zero-order chi connectivity index (χ0) is 25.3. The van der Waals surface area contributed by atoms with E-state index < -0.39 is 0 Å². The first-order chi connectivity index (χ1) is 18.1. The smallest absolute Gasteiger partial charge is 0.0424 e. The predicted octanol–water partition coefficient (Wildman–Crippen LogP) is 6.21. The summed E-state index contributed by atoms with van der Waals surface area (Å²) in [7, 11) is 4.37. The Kier molecular flexibility index (Phi) is 6.96. The van der Waals surface area contributed by atoms with Crippen LogP contribution in [0.1, 0.15) is 72.0 Å². The molecule has 7 rings (SSSR count). The lowest BCUT2D eigenvalue weighted by Crippen LogP contribution is -2.44. The van der Waals surface area contributed by atoms with Crippen LogP contribution >= 0.6 is 0 Å². The zero-order valence-electron chi connectivity index (χ0n) is 22.7. The quantitative estimate of drug-likeness (QED) is 0.452. The van der Waals surface area contributed by atoms with Gasteiger partial charge in [-0.25, -0.2) is 0 Å². The van der Waals surface area contributed by atoms with Crippen molar-refractivity contribution in [1.82, 2.24) is 15.5 Å². The zero-order valence-corrected chi connectivity index (χ0v) is 22.7. The molecule has 2 heterocycles. The van der Waals surface area contributed by atoms with Crippen LogP contribution < -0.4 is 10.6 Å². The maximum absolute atomic E-state index is 3.78. The number of hydrogen-bond donors (Lipinski definition) is 2. The summed E-state index contributed by atoms with van der Waals surface area (Å²) in [5.74, 6) is 0. The Balaban J connectivity index is 0.000000136. The Labute approximate surface area is 223 Å². The number of benzene rings is 3. The van der Waals surface area contributed by atoms with Gasteiger partial charge in [0, 0.05) is 17.5 Å².